The van der Waals surface area contributed by atoms with Crippen molar-refractivity contribution < 1.29 is 4.79 Å². The molecule has 0 saturated carbocycles. The maximum atomic E-state index is 11.8. The summed E-state index contributed by atoms with van der Waals surface area (Å²) in [7, 11) is 3.47. The molecule has 2 aromatic carbocycles. The van der Waals surface area contributed by atoms with Crippen molar-refractivity contribution in [2.45, 2.75) is 13.3 Å². The van der Waals surface area contributed by atoms with Gasteiger partial charge in [-0.25, -0.2) is 0 Å². The van der Waals surface area contributed by atoms with Gasteiger partial charge in [-0.3, -0.25) is 4.79 Å². The van der Waals surface area contributed by atoms with Crippen molar-refractivity contribution in [2.75, 3.05) is 24.7 Å². The first-order chi connectivity index (χ1) is 11.0. The number of aryl methyl sites for hydroxylation is 1. The molecule has 5 heteroatoms. The van der Waals surface area contributed by atoms with Gasteiger partial charge in [0.25, 0.3) is 5.91 Å². The molecule has 1 amide bonds. The lowest BCUT2D eigenvalue weighted by Gasteiger charge is -2.13. The average Bonchev–Trinajstić information content (AvgIpc) is 2.54. The van der Waals surface area contributed by atoms with Crippen molar-refractivity contribution in [1.82, 2.24) is 4.90 Å². The summed E-state index contributed by atoms with van der Waals surface area (Å²) in [6, 6.07) is 15.4. The number of amides is 1. The number of carbonyl (C=O) groups is 1. The first-order valence-electron chi connectivity index (χ1n) is 7.48. The van der Waals surface area contributed by atoms with Gasteiger partial charge in [-0.2, -0.15) is 0 Å². The zero-order valence-corrected chi connectivity index (χ0v) is 14.4. The summed E-state index contributed by atoms with van der Waals surface area (Å²) in [5.41, 5.74) is 3.70. The van der Waals surface area contributed by atoms with E-state index in [1.165, 1.54) is 5.56 Å². The Kier molecular flexibility index (Phi) is 5.71. The Labute approximate surface area is 142 Å². The molecule has 0 aromatic heterocycles. The molecule has 2 rings (SSSR count). The van der Waals surface area contributed by atoms with Crippen molar-refractivity contribution in [3.05, 3.63) is 59.7 Å². The van der Waals surface area contributed by atoms with Crippen LogP contribution in [0.4, 0.5) is 11.4 Å². The molecule has 0 aliphatic rings. The molecule has 23 heavy (non-hydrogen) atoms. The summed E-state index contributed by atoms with van der Waals surface area (Å²) in [6.45, 7) is 2.12. The van der Waals surface area contributed by atoms with Gasteiger partial charge >= 0.3 is 0 Å². The summed E-state index contributed by atoms with van der Waals surface area (Å²) in [4.78, 5) is 13.4. The Morgan fingerprint density at radius 3 is 2.30 bits per heavy atom. The van der Waals surface area contributed by atoms with E-state index < -0.39 is 0 Å². The maximum Gasteiger partial charge on any atom is 0.253 e. The number of anilines is 2. The molecule has 0 fully saturated rings. The molecule has 0 atom stereocenters. The number of hydrogen-bond acceptors (Lipinski definition) is 2. The van der Waals surface area contributed by atoms with Crippen LogP contribution < -0.4 is 10.6 Å². The zero-order valence-electron chi connectivity index (χ0n) is 13.6. The lowest BCUT2D eigenvalue weighted by Crippen LogP contribution is -2.22. The second-order valence-corrected chi connectivity index (χ2v) is 5.82. The van der Waals surface area contributed by atoms with E-state index in [9.17, 15) is 4.79 Å². The average molecular weight is 327 g/mol. The lowest BCUT2D eigenvalue weighted by atomic mass is 10.1. The van der Waals surface area contributed by atoms with Crippen molar-refractivity contribution in [3.8, 4) is 0 Å². The molecule has 0 spiro atoms. The largest absolute Gasteiger partial charge is 0.345 e. The number of thiocarbonyl (C=S) groups is 1. The van der Waals surface area contributed by atoms with Crippen LogP contribution in [-0.2, 0) is 6.42 Å². The van der Waals surface area contributed by atoms with E-state index in [4.69, 9.17) is 12.2 Å². The van der Waals surface area contributed by atoms with E-state index in [1.54, 1.807) is 31.1 Å². The van der Waals surface area contributed by atoms with Crippen LogP contribution in [0.15, 0.2) is 48.5 Å². The van der Waals surface area contributed by atoms with Crippen LogP contribution in [0.25, 0.3) is 0 Å². The van der Waals surface area contributed by atoms with E-state index in [-0.39, 0.29) is 5.91 Å². The fraction of sp³-hybridized carbons (Fsp3) is 0.222. The van der Waals surface area contributed by atoms with Crippen molar-refractivity contribution >= 4 is 34.6 Å². The first-order valence-corrected chi connectivity index (χ1v) is 7.89. The summed E-state index contributed by atoms with van der Waals surface area (Å²) < 4.78 is 0. The van der Waals surface area contributed by atoms with Gasteiger partial charge in [-0.1, -0.05) is 19.1 Å². The van der Waals surface area contributed by atoms with Gasteiger partial charge in [0, 0.05) is 31.0 Å². The fourth-order valence-electron chi connectivity index (χ4n) is 2.12. The third-order valence-electron chi connectivity index (χ3n) is 3.39. The highest BCUT2D eigenvalue weighted by atomic mass is 32.1. The second-order valence-electron chi connectivity index (χ2n) is 5.41. The predicted molar refractivity (Wildman–Crippen MR) is 100 cm³/mol. The third-order valence-corrected chi connectivity index (χ3v) is 3.59. The highest BCUT2D eigenvalue weighted by Crippen LogP contribution is 2.14. The minimum absolute atomic E-state index is 0.0198. The molecule has 0 bridgehead atoms. The first kappa shape index (κ1) is 17.0. The number of nitrogens with zero attached hydrogens (tertiary/aromatic N) is 1. The topological polar surface area (TPSA) is 44.4 Å². The standard InChI is InChI=1S/C18H21N3OS/c1-4-13-6-5-7-16(12-13)20-18(23)19-15-10-8-14(9-11-15)17(22)21(2)3/h5-12H,4H2,1-3H3,(H2,19,20,23). The van der Waals surface area contributed by atoms with Crippen LogP contribution in [-0.4, -0.2) is 30.0 Å². The number of benzene rings is 2. The van der Waals surface area contributed by atoms with Gasteiger partial charge in [0.15, 0.2) is 5.11 Å². The van der Waals surface area contributed by atoms with Gasteiger partial charge in [0.2, 0.25) is 0 Å². The highest BCUT2D eigenvalue weighted by Gasteiger charge is 2.07. The molecule has 2 N–H and O–H groups in total. The van der Waals surface area contributed by atoms with Gasteiger partial charge in [-0.15, -0.1) is 0 Å². The SMILES string of the molecule is CCc1cccc(NC(=S)Nc2ccc(C(=O)N(C)C)cc2)c1. The molecule has 0 radical (unpaired) electrons. The summed E-state index contributed by atoms with van der Waals surface area (Å²) in [5, 5.41) is 6.80. The molecular formula is C18H21N3OS. The van der Waals surface area contributed by atoms with E-state index >= 15 is 0 Å². The molecule has 0 saturated heterocycles. The van der Waals surface area contributed by atoms with Crippen LogP contribution >= 0.6 is 12.2 Å². The quantitative estimate of drug-likeness (QED) is 0.839. The maximum absolute atomic E-state index is 11.8. The number of rotatable bonds is 4. The van der Waals surface area contributed by atoms with Crippen molar-refractivity contribution in [2.24, 2.45) is 0 Å². The Bertz CT molecular complexity index is 696. The number of carbonyl (C=O) groups excluding carboxylic acids is 1. The molecule has 120 valence electrons. The summed E-state index contributed by atoms with van der Waals surface area (Å²) >= 11 is 5.33. The Morgan fingerprint density at radius 2 is 1.70 bits per heavy atom. The molecule has 0 heterocycles. The minimum Gasteiger partial charge on any atom is -0.345 e. The second kappa shape index (κ2) is 7.74. The molecule has 0 aliphatic heterocycles. The predicted octanol–water partition coefficient (Wildman–Crippen LogP) is 3.76. The zero-order chi connectivity index (χ0) is 16.8. The molecule has 2 aromatic rings. The van der Waals surface area contributed by atoms with Crippen molar-refractivity contribution in [1.29, 1.82) is 0 Å². The number of hydrogen-bond donors (Lipinski definition) is 2. The summed E-state index contributed by atoms with van der Waals surface area (Å²) in [5.74, 6) is -0.0198. The van der Waals surface area contributed by atoms with E-state index in [0.717, 1.165) is 17.8 Å². The van der Waals surface area contributed by atoms with Crippen LogP contribution in [0.3, 0.4) is 0 Å². The number of nitrogens with one attached hydrogen (secondary N) is 2. The smallest absolute Gasteiger partial charge is 0.253 e. The van der Waals surface area contributed by atoms with Crippen LogP contribution in [0, 0.1) is 0 Å². The molecule has 0 unspecified atom stereocenters. The Balaban J connectivity index is 1.98. The van der Waals surface area contributed by atoms with Gasteiger partial charge in [0.1, 0.15) is 0 Å². The molecule has 0 aliphatic carbocycles. The Hall–Kier alpha value is -2.40. The van der Waals surface area contributed by atoms with E-state index in [0.29, 0.717) is 10.7 Å². The monoisotopic (exact) mass is 327 g/mol. The Morgan fingerprint density at radius 1 is 1.04 bits per heavy atom. The van der Waals surface area contributed by atoms with Gasteiger partial charge in [-0.05, 0) is 60.6 Å². The third kappa shape index (κ3) is 4.79. The lowest BCUT2D eigenvalue weighted by molar-refractivity contribution is 0.0827. The minimum atomic E-state index is -0.0198. The normalized spacial score (nSPS) is 10.0. The van der Waals surface area contributed by atoms with Gasteiger partial charge < -0.3 is 15.5 Å². The fourth-order valence-corrected chi connectivity index (χ4v) is 2.35. The van der Waals surface area contributed by atoms with Crippen molar-refractivity contribution in [3.63, 3.8) is 0 Å². The molecular weight excluding hydrogens is 306 g/mol. The molecule has 4 nitrogen and oxygen atoms in total. The summed E-state index contributed by atoms with van der Waals surface area (Å²) in [6.07, 6.45) is 0.983. The van der Waals surface area contributed by atoms with Crippen LogP contribution in [0.1, 0.15) is 22.8 Å². The van der Waals surface area contributed by atoms with E-state index in [1.807, 2.05) is 24.3 Å². The van der Waals surface area contributed by atoms with Crippen LogP contribution in [0.5, 0.6) is 0 Å². The van der Waals surface area contributed by atoms with Gasteiger partial charge in [0.05, 0.1) is 0 Å². The highest BCUT2D eigenvalue weighted by molar-refractivity contribution is 7.80. The van der Waals surface area contributed by atoms with E-state index in [2.05, 4.69) is 29.7 Å². The van der Waals surface area contributed by atoms with Crippen LogP contribution in [0.2, 0.25) is 0 Å².